The minimum atomic E-state index is 0.707. The van der Waals surface area contributed by atoms with Crippen LogP contribution in [-0.4, -0.2) is 43.6 Å². The summed E-state index contributed by atoms with van der Waals surface area (Å²) in [5.74, 6) is 2.12. The largest absolute Gasteiger partial charge is 0.277 e. The molecule has 6 heterocycles. The van der Waals surface area contributed by atoms with Crippen LogP contribution < -0.4 is 0 Å². The van der Waals surface area contributed by atoms with E-state index < -0.39 is 0 Å². The molecule has 10 aromatic carbocycles. The lowest BCUT2D eigenvalue weighted by molar-refractivity contribution is 1.06. The number of fused-ring (bicyclic) bond motifs is 3. The molecule has 0 unspecified atom stereocenters. The summed E-state index contributed by atoms with van der Waals surface area (Å²) in [5.41, 5.74) is 23.5. The van der Waals surface area contributed by atoms with E-state index in [1.807, 2.05) is 73.2 Å². The van der Waals surface area contributed by atoms with Gasteiger partial charge in [-0.1, -0.05) is 200 Å². The molecule has 0 aliphatic heterocycles. The fourth-order valence-corrected chi connectivity index (χ4v) is 11.9. The Kier molecular flexibility index (Phi) is 12.6. The summed E-state index contributed by atoms with van der Waals surface area (Å²) in [7, 11) is 0. The van der Waals surface area contributed by atoms with Crippen LogP contribution in [0.2, 0.25) is 0 Å². The zero-order valence-electron chi connectivity index (χ0n) is 47.0. The molecule has 0 fully saturated rings. The standard InChI is InChI=1S/C78H51N9/c1-4-13-52(14-5-1)55-22-28-58(29-23-55)61-34-40-67(41-35-61)85-73(82-70-19-10-46-79-76(70)85)64-49-65(74-83-71-20-11-47-80-77(71)86(74)68-42-36-62(37-43-68)59-30-24-56(25-31-59)53-15-6-2-7-16-53)51-66(50-64)75-84-72-21-12-48-81-78(72)87(75)69-44-38-63(39-45-69)60-32-26-57(27-33-60)54-17-8-3-9-18-54/h1-51H. The highest BCUT2D eigenvalue weighted by Crippen LogP contribution is 2.40. The van der Waals surface area contributed by atoms with Gasteiger partial charge in [-0.2, -0.15) is 0 Å². The fraction of sp³-hybridized carbons (Fsp3) is 0. The van der Waals surface area contributed by atoms with E-state index >= 15 is 0 Å². The SMILES string of the molecule is c1ccc(-c2ccc(-c3ccc(-n4c(-c5cc(-c6nc7cccnc7n6-c6ccc(-c7ccc(-c8ccccc8)cc7)cc6)cc(-c6nc7cccnc7n6-c6ccc(-c7ccc(-c8ccccc8)cc7)cc6)c5)nc5cccnc54)cc3)cc2)cc1. The van der Waals surface area contributed by atoms with Crippen molar-refractivity contribution in [2.45, 2.75) is 0 Å². The maximum absolute atomic E-state index is 5.44. The zero-order valence-corrected chi connectivity index (χ0v) is 47.0. The summed E-state index contributed by atoms with van der Waals surface area (Å²) in [6, 6.07) is 102. The van der Waals surface area contributed by atoms with E-state index in [4.69, 9.17) is 29.9 Å². The van der Waals surface area contributed by atoms with E-state index in [9.17, 15) is 0 Å². The molecule has 9 heteroatoms. The average molecular weight is 1110 g/mol. The second-order valence-electron chi connectivity index (χ2n) is 21.6. The smallest absolute Gasteiger partial charge is 0.164 e. The molecule has 87 heavy (non-hydrogen) atoms. The van der Waals surface area contributed by atoms with Crippen LogP contribution in [0.25, 0.3) is 151 Å². The molecule has 16 rings (SSSR count). The number of rotatable bonds is 12. The van der Waals surface area contributed by atoms with Crippen molar-refractivity contribution in [3.63, 3.8) is 0 Å². The summed E-state index contributed by atoms with van der Waals surface area (Å²) >= 11 is 0. The highest BCUT2D eigenvalue weighted by molar-refractivity contribution is 5.89. The Balaban J connectivity index is 0.849. The Morgan fingerprint density at radius 2 is 0.391 bits per heavy atom. The Labute approximate surface area is 502 Å². The molecule has 0 atom stereocenters. The first-order chi connectivity index (χ1) is 43.1. The van der Waals surface area contributed by atoms with Gasteiger partial charge in [-0.15, -0.1) is 0 Å². The summed E-state index contributed by atoms with van der Waals surface area (Å²) in [6.45, 7) is 0. The molecule has 0 amide bonds. The molecule has 9 nitrogen and oxygen atoms in total. The van der Waals surface area contributed by atoms with Gasteiger partial charge in [-0.25, -0.2) is 29.9 Å². The van der Waals surface area contributed by atoms with Crippen molar-refractivity contribution in [3.05, 3.63) is 310 Å². The second-order valence-corrected chi connectivity index (χ2v) is 21.6. The average Bonchev–Trinajstić information content (AvgIpc) is 2.17. The van der Waals surface area contributed by atoms with Crippen LogP contribution in [0.15, 0.2) is 310 Å². The maximum atomic E-state index is 5.44. The van der Waals surface area contributed by atoms with Crippen LogP contribution in [0.5, 0.6) is 0 Å². The Morgan fingerprint density at radius 3 is 0.621 bits per heavy atom. The van der Waals surface area contributed by atoms with Gasteiger partial charge in [0.25, 0.3) is 0 Å². The molecule has 16 aromatic rings. The third-order valence-electron chi connectivity index (χ3n) is 16.3. The molecule has 0 spiro atoms. The predicted octanol–water partition coefficient (Wildman–Crippen LogP) is 18.9. The molecule has 0 radical (unpaired) electrons. The fourth-order valence-electron chi connectivity index (χ4n) is 11.9. The molecular formula is C78H51N9. The molecule has 0 saturated carbocycles. The quantitative estimate of drug-likeness (QED) is 0.121. The zero-order chi connectivity index (χ0) is 57.6. The first-order valence-corrected chi connectivity index (χ1v) is 29.1. The van der Waals surface area contributed by atoms with E-state index in [-0.39, 0.29) is 0 Å². The number of hydrogen-bond acceptors (Lipinski definition) is 6. The van der Waals surface area contributed by atoms with Gasteiger partial charge in [-0.05, 0) is 158 Å². The molecule has 0 bridgehead atoms. The summed E-state index contributed by atoms with van der Waals surface area (Å²) in [6.07, 6.45) is 5.49. The molecule has 6 aromatic heterocycles. The van der Waals surface area contributed by atoms with E-state index in [2.05, 4.69) is 250 Å². The number of pyridine rings is 3. The lowest BCUT2D eigenvalue weighted by Crippen LogP contribution is -2.03. The van der Waals surface area contributed by atoms with Gasteiger partial charge >= 0.3 is 0 Å². The minimum absolute atomic E-state index is 0.707. The maximum Gasteiger partial charge on any atom is 0.164 e. The highest BCUT2D eigenvalue weighted by Gasteiger charge is 2.24. The third kappa shape index (κ3) is 9.51. The van der Waals surface area contributed by atoms with Gasteiger partial charge in [0.2, 0.25) is 0 Å². The normalized spacial score (nSPS) is 11.4. The Hall–Kier alpha value is -11.9. The molecule has 0 saturated heterocycles. The molecule has 0 N–H and O–H groups in total. The molecular weight excluding hydrogens is 1060 g/mol. The van der Waals surface area contributed by atoms with Crippen molar-refractivity contribution in [2.24, 2.45) is 0 Å². The Bertz CT molecular complexity index is 4600. The van der Waals surface area contributed by atoms with E-state index in [0.29, 0.717) is 17.5 Å². The van der Waals surface area contributed by atoms with Crippen LogP contribution in [-0.2, 0) is 0 Å². The van der Waals surface area contributed by atoms with Gasteiger partial charge in [0.05, 0.1) is 0 Å². The van der Waals surface area contributed by atoms with Crippen LogP contribution in [0.3, 0.4) is 0 Å². The van der Waals surface area contributed by atoms with Crippen molar-refractivity contribution in [3.8, 4) is 118 Å². The van der Waals surface area contributed by atoms with Crippen LogP contribution >= 0.6 is 0 Å². The summed E-state index contributed by atoms with van der Waals surface area (Å²) < 4.78 is 6.48. The van der Waals surface area contributed by atoms with Gasteiger partial charge < -0.3 is 0 Å². The molecule has 0 aliphatic rings. The van der Waals surface area contributed by atoms with Crippen LogP contribution in [0, 0.1) is 0 Å². The number of benzene rings is 10. The first-order valence-electron chi connectivity index (χ1n) is 29.1. The van der Waals surface area contributed by atoms with E-state index in [1.54, 1.807) is 0 Å². The van der Waals surface area contributed by atoms with Gasteiger partial charge in [0.15, 0.2) is 16.9 Å². The van der Waals surface area contributed by atoms with Gasteiger partial charge in [-0.3, -0.25) is 13.7 Å². The van der Waals surface area contributed by atoms with E-state index in [0.717, 1.165) is 101 Å². The van der Waals surface area contributed by atoms with Gasteiger partial charge in [0, 0.05) is 52.3 Å². The van der Waals surface area contributed by atoms with Crippen molar-refractivity contribution in [2.75, 3.05) is 0 Å². The van der Waals surface area contributed by atoms with Crippen molar-refractivity contribution in [1.82, 2.24) is 43.6 Å². The predicted molar refractivity (Wildman–Crippen MR) is 353 cm³/mol. The summed E-state index contributed by atoms with van der Waals surface area (Å²) in [5, 5.41) is 0. The highest BCUT2D eigenvalue weighted by atomic mass is 15.2. The van der Waals surface area contributed by atoms with Crippen molar-refractivity contribution < 1.29 is 0 Å². The number of imidazole rings is 3. The van der Waals surface area contributed by atoms with Crippen molar-refractivity contribution >= 4 is 33.5 Å². The Morgan fingerprint density at radius 1 is 0.184 bits per heavy atom. The van der Waals surface area contributed by atoms with Crippen LogP contribution in [0.4, 0.5) is 0 Å². The summed E-state index contributed by atoms with van der Waals surface area (Å²) in [4.78, 5) is 31.3. The van der Waals surface area contributed by atoms with Crippen molar-refractivity contribution in [1.29, 1.82) is 0 Å². The number of hydrogen-bond donors (Lipinski definition) is 0. The number of aromatic nitrogens is 9. The second kappa shape index (κ2) is 21.7. The van der Waals surface area contributed by atoms with E-state index in [1.165, 1.54) is 33.4 Å². The molecule has 0 aliphatic carbocycles. The molecule has 408 valence electrons. The lowest BCUT2D eigenvalue weighted by Gasteiger charge is -2.15. The number of nitrogens with zero attached hydrogens (tertiary/aromatic N) is 9. The monoisotopic (exact) mass is 1110 g/mol. The van der Waals surface area contributed by atoms with Gasteiger partial charge in [0.1, 0.15) is 34.0 Å². The topological polar surface area (TPSA) is 92.1 Å². The lowest BCUT2D eigenvalue weighted by atomic mass is 10.00. The first kappa shape index (κ1) is 50.8. The third-order valence-corrected chi connectivity index (χ3v) is 16.3. The van der Waals surface area contributed by atoms with Crippen LogP contribution in [0.1, 0.15) is 0 Å². The minimum Gasteiger partial charge on any atom is -0.277 e.